The number of hydrogen-bond acceptors (Lipinski definition) is 5. The highest BCUT2D eigenvalue weighted by atomic mass is 32.2. The van der Waals surface area contributed by atoms with Crippen LogP contribution in [0.5, 0.6) is 5.75 Å². The van der Waals surface area contributed by atoms with Crippen molar-refractivity contribution in [1.82, 2.24) is 4.57 Å². The second kappa shape index (κ2) is 6.46. The lowest BCUT2D eigenvalue weighted by molar-refractivity contribution is 0.495. The van der Waals surface area contributed by atoms with Crippen LogP contribution in [-0.4, -0.2) is 19.2 Å². The maximum Gasteiger partial charge on any atom is 0.306 e. The molecule has 0 spiro atoms. The lowest BCUT2D eigenvalue weighted by Gasteiger charge is -2.17. The van der Waals surface area contributed by atoms with Crippen molar-refractivity contribution in [3.63, 3.8) is 0 Å². The van der Waals surface area contributed by atoms with E-state index in [1.807, 2.05) is 0 Å². The van der Waals surface area contributed by atoms with Crippen molar-refractivity contribution in [2.24, 2.45) is 0 Å². The molecule has 0 unspecified atom stereocenters. The number of fused-ring (bicyclic) bond motifs is 1. The van der Waals surface area contributed by atoms with Crippen LogP contribution in [-0.2, 0) is 10.1 Å². The number of halogens is 1. The molecule has 1 saturated carbocycles. The molecule has 8 heteroatoms. The zero-order valence-corrected chi connectivity index (χ0v) is 15.7. The van der Waals surface area contributed by atoms with Crippen molar-refractivity contribution in [2.45, 2.75) is 18.9 Å². The Kier molecular flexibility index (Phi) is 4.20. The fourth-order valence-corrected chi connectivity index (χ4v) is 3.85. The van der Waals surface area contributed by atoms with Crippen LogP contribution >= 0.6 is 0 Å². The van der Waals surface area contributed by atoms with E-state index in [1.54, 1.807) is 12.1 Å². The minimum atomic E-state index is -3.89. The molecule has 0 saturated heterocycles. The molecule has 1 fully saturated rings. The van der Waals surface area contributed by atoms with Gasteiger partial charge in [0.1, 0.15) is 17.6 Å². The Balaban J connectivity index is 2.21. The normalized spacial score (nSPS) is 14.0. The predicted molar refractivity (Wildman–Crippen MR) is 102 cm³/mol. The summed E-state index contributed by atoms with van der Waals surface area (Å²) in [5, 5.41) is 10.2. The van der Waals surface area contributed by atoms with Gasteiger partial charge in [-0.1, -0.05) is 18.2 Å². The Morgan fingerprint density at radius 3 is 2.54 bits per heavy atom. The van der Waals surface area contributed by atoms with E-state index < -0.39 is 21.5 Å². The SMILES string of the molecule is CS(=O)(=O)Oc1cccc2c(=O)n(C3CC3)c(C#N)c(-c3cccc(F)c3)c12. The first kappa shape index (κ1) is 18.2. The summed E-state index contributed by atoms with van der Waals surface area (Å²) < 4.78 is 43.9. The van der Waals surface area contributed by atoms with Gasteiger partial charge in [-0.15, -0.1) is 0 Å². The number of pyridine rings is 1. The van der Waals surface area contributed by atoms with Gasteiger partial charge in [0.2, 0.25) is 0 Å². The molecule has 0 amide bonds. The highest BCUT2D eigenvalue weighted by Gasteiger charge is 2.31. The molecule has 1 aliphatic rings. The van der Waals surface area contributed by atoms with E-state index in [4.69, 9.17) is 4.18 Å². The fraction of sp³-hybridized carbons (Fsp3) is 0.200. The molecular formula is C20H15FN2O4S. The molecule has 142 valence electrons. The highest BCUT2D eigenvalue weighted by Crippen LogP contribution is 2.41. The number of nitrogens with zero attached hydrogens (tertiary/aromatic N) is 2. The van der Waals surface area contributed by atoms with Gasteiger partial charge >= 0.3 is 10.1 Å². The zero-order chi connectivity index (χ0) is 20.1. The van der Waals surface area contributed by atoms with Crippen LogP contribution in [0.25, 0.3) is 21.9 Å². The van der Waals surface area contributed by atoms with E-state index in [9.17, 15) is 22.9 Å². The minimum absolute atomic E-state index is 0.0650. The lowest BCUT2D eigenvalue weighted by atomic mass is 9.96. The molecule has 6 nitrogen and oxygen atoms in total. The summed E-state index contributed by atoms with van der Waals surface area (Å²) in [5.41, 5.74) is 0.312. The lowest BCUT2D eigenvalue weighted by Crippen LogP contribution is -2.23. The van der Waals surface area contributed by atoms with Gasteiger partial charge in [0, 0.05) is 17.0 Å². The van der Waals surface area contributed by atoms with Gasteiger partial charge in [0.05, 0.1) is 11.6 Å². The molecule has 0 radical (unpaired) electrons. The quantitative estimate of drug-likeness (QED) is 0.629. The Labute approximate surface area is 160 Å². The smallest absolute Gasteiger partial charge is 0.306 e. The molecule has 3 aromatic rings. The average Bonchev–Trinajstić information content (AvgIpc) is 3.45. The van der Waals surface area contributed by atoms with Crippen molar-refractivity contribution in [3.8, 4) is 22.9 Å². The van der Waals surface area contributed by atoms with Crippen molar-refractivity contribution in [1.29, 1.82) is 5.26 Å². The van der Waals surface area contributed by atoms with E-state index in [0.29, 0.717) is 5.56 Å². The Morgan fingerprint density at radius 2 is 1.93 bits per heavy atom. The van der Waals surface area contributed by atoms with Gasteiger partial charge in [0.15, 0.2) is 5.75 Å². The van der Waals surface area contributed by atoms with Gasteiger partial charge in [-0.2, -0.15) is 13.7 Å². The van der Waals surface area contributed by atoms with Crippen molar-refractivity contribution < 1.29 is 17.0 Å². The van der Waals surface area contributed by atoms with Crippen molar-refractivity contribution in [3.05, 3.63) is 64.3 Å². The van der Waals surface area contributed by atoms with E-state index in [0.717, 1.165) is 19.1 Å². The molecule has 2 aromatic carbocycles. The van der Waals surface area contributed by atoms with E-state index >= 15 is 0 Å². The Morgan fingerprint density at radius 1 is 1.21 bits per heavy atom. The van der Waals surface area contributed by atoms with Crippen LogP contribution in [0.3, 0.4) is 0 Å². The predicted octanol–water partition coefficient (Wildman–Crippen LogP) is 3.35. The van der Waals surface area contributed by atoms with Crippen LogP contribution in [0.4, 0.5) is 4.39 Å². The summed E-state index contributed by atoms with van der Waals surface area (Å²) in [4.78, 5) is 13.1. The molecule has 0 bridgehead atoms. The van der Waals surface area contributed by atoms with Crippen LogP contribution in [0, 0.1) is 17.1 Å². The van der Waals surface area contributed by atoms with Crippen LogP contribution in [0.15, 0.2) is 47.3 Å². The van der Waals surface area contributed by atoms with E-state index in [1.165, 1.54) is 34.9 Å². The molecule has 0 atom stereocenters. The average molecular weight is 398 g/mol. The van der Waals surface area contributed by atoms with Crippen LogP contribution in [0.2, 0.25) is 0 Å². The molecule has 1 aromatic heterocycles. The maximum absolute atomic E-state index is 13.9. The number of rotatable bonds is 4. The number of aromatic nitrogens is 1. The topological polar surface area (TPSA) is 89.2 Å². The third kappa shape index (κ3) is 3.14. The molecule has 1 aliphatic carbocycles. The summed E-state index contributed by atoms with van der Waals surface area (Å²) in [5.74, 6) is -0.587. The number of benzene rings is 2. The minimum Gasteiger partial charge on any atom is -0.382 e. The van der Waals surface area contributed by atoms with Gasteiger partial charge in [0.25, 0.3) is 5.56 Å². The molecule has 0 aliphatic heterocycles. The van der Waals surface area contributed by atoms with Crippen molar-refractivity contribution >= 4 is 20.9 Å². The van der Waals surface area contributed by atoms with Gasteiger partial charge in [-0.3, -0.25) is 9.36 Å². The summed E-state index contributed by atoms with van der Waals surface area (Å²) in [6.07, 6.45) is 2.43. The molecule has 28 heavy (non-hydrogen) atoms. The standard InChI is InChI=1S/C20H15FN2O4S/c1-28(25,26)27-17-7-3-6-15-19(17)18(12-4-2-5-13(21)10-12)16(11-22)23(20(15)24)14-8-9-14/h2-7,10,14H,8-9H2,1H3. The second-order valence-corrected chi connectivity index (χ2v) is 8.29. The summed E-state index contributed by atoms with van der Waals surface area (Å²) >= 11 is 0. The van der Waals surface area contributed by atoms with E-state index in [-0.39, 0.29) is 33.8 Å². The third-order valence-electron chi connectivity index (χ3n) is 4.58. The summed E-state index contributed by atoms with van der Waals surface area (Å²) in [6.45, 7) is 0. The van der Waals surface area contributed by atoms with E-state index in [2.05, 4.69) is 6.07 Å². The van der Waals surface area contributed by atoms with Gasteiger partial charge in [-0.25, -0.2) is 4.39 Å². The molecule has 0 N–H and O–H groups in total. The maximum atomic E-state index is 13.9. The molecule has 1 heterocycles. The van der Waals surface area contributed by atoms with Crippen molar-refractivity contribution in [2.75, 3.05) is 6.26 Å². The monoisotopic (exact) mass is 398 g/mol. The summed E-state index contributed by atoms with van der Waals surface area (Å²) in [7, 11) is -3.89. The highest BCUT2D eigenvalue weighted by molar-refractivity contribution is 7.86. The first-order valence-electron chi connectivity index (χ1n) is 8.57. The molecular weight excluding hydrogens is 383 g/mol. The molecule has 4 rings (SSSR count). The first-order valence-corrected chi connectivity index (χ1v) is 10.4. The Bertz CT molecular complexity index is 1320. The Hall–Kier alpha value is -3.18. The van der Waals surface area contributed by atoms with Crippen LogP contribution in [0.1, 0.15) is 24.6 Å². The second-order valence-electron chi connectivity index (χ2n) is 6.72. The zero-order valence-electron chi connectivity index (χ0n) is 14.8. The van der Waals surface area contributed by atoms with Crippen LogP contribution < -0.4 is 9.74 Å². The van der Waals surface area contributed by atoms with Gasteiger partial charge < -0.3 is 4.18 Å². The van der Waals surface area contributed by atoms with Gasteiger partial charge in [-0.05, 0) is 42.7 Å². The largest absolute Gasteiger partial charge is 0.382 e. The fourth-order valence-electron chi connectivity index (χ4n) is 3.39. The number of nitriles is 1. The first-order chi connectivity index (χ1) is 13.3. The summed E-state index contributed by atoms with van der Waals surface area (Å²) in [6, 6.07) is 12.1. The third-order valence-corrected chi connectivity index (χ3v) is 5.06. The number of hydrogen-bond donors (Lipinski definition) is 0.